The molecule has 0 bridgehead atoms. The highest BCUT2D eigenvalue weighted by atomic mass is 19.2. The Labute approximate surface area is 82.9 Å². The lowest BCUT2D eigenvalue weighted by atomic mass is 9.83. The summed E-state index contributed by atoms with van der Waals surface area (Å²) in [5.74, 6) is -1.68. The van der Waals surface area contributed by atoms with E-state index in [0.717, 1.165) is 12.1 Å². The quantitative estimate of drug-likeness (QED) is 0.739. The fourth-order valence-electron chi connectivity index (χ4n) is 1.21. The molecule has 0 aliphatic rings. The van der Waals surface area contributed by atoms with E-state index in [1.165, 1.54) is 6.07 Å². The second-order valence-corrected chi connectivity index (χ2v) is 4.52. The van der Waals surface area contributed by atoms with E-state index in [4.69, 9.17) is 5.73 Å². The number of hydrogen-bond acceptors (Lipinski definition) is 1. The topological polar surface area (TPSA) is 26.0 Å². The van der Waals surface area contributed by atoms with Crippen molar-refractivity contribution in [2.45, 2.75) is 26.8 Å². The zero-order chi connectivity index (χ0) is 10.9. The van der Waals surface area contributed by atoms with Gasteiger partial charge in [-0.1, -0.05) is 26.8 Å². The summed E-state index contributed by atoms with van der Waals surface area (Å²) in [7, 11) is 0. The largest absolute Gasteiger partial charge is 0.324 e. The number of halogens is 2. The average Bonchev–Trinajstić information content (AvgIpc) is 2.07. The Hall–Kier alpha value is -0.960. The summed E-state index contributed by atoms with van der Waals surface area (Å²) in [4.78, 5) is 0. The molecule has 1 rings (SSSR count). The molecule has 0 amide bonds. The van der Waals surface area contributed by atoms with Gasteiger partial charge in [-0.05, 0) is 23.1 Å². The minimum absolute atomic E-state index is 0.162. The van der Waals surface area contributed by atoms with Gasteiger partial charge in [-0.25, -0.2) is 8.78 Å². The molecule has 0 aromatic heterocycles. The summed E-state index contributed by atoms with van der Waals surface area (Å²) in [6, 6.07) is 3.49. The molecule has 1 unspecified atom stereocenters. The first-order valence-electron chi connectivity index (χ1n) is 4.53. The number of rotatable bonds is 1. The van der Waals surface area contributed by atoms with Crippen molar-refractivity contribution < 1.29 is 8.78 Å². The van der Waals surface area contributed by atoms with E-state index in [1.54, 1.807) is 0 Å². The molecule has 0 aliphatic heterocycles. The van der Waals surface area contributed by atoms with Crippen LogP contribution in [0.4, 0.5) is 8.78 Å². The van der Waals surface area contributed by atoms with Crippen LogP contribution in [0.1, 0.15) is 32.4 Å². The molecule has 1 aromatic rings. The zero-order valence-electron chi connectivity index (χ0n) is 8.64. The molecule has 0 spiro atoms. The third-order valence-corrected chi connectivity index (χ3v) is 2.24. The first-order valence-corrected chi connectivity index (χ1v) is 4.53. The van der Waals surface area contributed by atoms with Crippen molar-refractivity contribution in [3.8, 4) is 0 Å². The minimum atomic E-state index is -0.845. The van der Waals surface area contributed by atoms with Crippen molar-refractivity contribution in [1.29, 1.82) is 0 Å². The van der Waals surface area contributed by atoms with Crippen LogP contribution in [0.3, 0.4) is 0 Å². The van der Waals surface area contributed by atoms with E-state index in [1.807, 2.05) is 20.8 Å². The lowest BCUT2D eigenvalue weighted by Gasteiger charge is -2.27. The van der Waals surface area contributed by atoms with Gasteiger partial charge in [0.25, 0.3) is 0 Å². The summed E-state index contributed by atoms with van der Waals surface area (Å²) >= 11 is 0. The highest BCUT2D eigenvalue weighted by Crippen LogP contribution is 2.30. The molecule has 78 valence electrons. The van der Waals surface area contributed by atoms with E-state index in [2.05, 4.69) is 0 Å². The van der Waals surface area contributed by atoms with Crippen LogP contribution in [-0.4, -0.2) is 0 Å². The third kappa shape index (κ3) is 2.29. The van der Waals surface area contributed by atoms with Gasteiger partial charge in [0.05, 0.1) is 0 Å². The van der Waals surface area contributed by atoms with Crippen molar-refractivity contribution in [3.05, 3.63) is 35.4 Å². The predicted octanol–water partition coefficient (Wildman–Crippen LogP) is 3.01. The summed E-state index contributed by atoms with van der Waals surface area (Å²) in [6.45, 7) is 5.87. The maximum Gasteiger partial charge on any atom is 0.159 e. The highest BCUT2D eigenvalue weighted by molar-refractivity contribution is 5.22. The lowest BCUT2D eigenvalue weighted by molar-refractivity contribution is 0.325. The van der Waals surface area contributed by atoms with Crippen LogP contribution in [0.5, 0.6) is 0 Å². The zero-order valence-corrected chi connectivity index (χ0v) is 8.64. The smallest absolute Gasteiger partial charge is 0.159 e. The molecule has 3 heteroatoms. The van der Waals surface area contributed by atoms with E-state index in [9.17, 15) is 8.78 Å². The molecule has 1 aromatic carbocycles. The van der Waals surface area contributed by atoms with Gasteiger partial charge in [-0.15, -0.1) is 0 Å². The van der Waals surface area contributed by atoms with Crippen LogP contribution in [0.2, 0.25) is 0 Å². The first kappa shape index (κ1) is 11.1. The summed E-state index contributed by atoms with van der Waals surface area (Å²) in [6.07, 6.45) is 0. The predicted molar refractivity (Wildman–Crippen MR) is 52.7 cm³/mol. The fourth-order valence-corrected chi connectivity index (χ4v) is 1.21. The molecule has 14 heavy (non-hydrogen) atoms. The van der Waals surface area contributed by atoms with Crippen LogP contribution in [0.25, 0.3) is 0 Å². The Morgan fingerprint density at radius 1 is 1.14 bits per heavy atom. The van der Waals surface area contributed by atoms with Crippen molar-refractivity contribution in [1.82, 2.24) is 0 Å². The van der Waals surface area contributed by atoms with E-state index in [0.29, 0.717) is 5.56 Å². The fraction of sp³-hybridized carbons (Fsp3) is 0.455. The number of nitrogens with two attached hydrogens (primary N) is 1. The van der Waals surface area contributed by atoms with Crippen LogP contribution in [0.15, 0.2) is 18.2 Å². The highest BCUT2D eigenvalue weighted by Gasteiger charge is 2.22. The SMILES string of the molecule is CC(C)(C)C(N)c1ccc(F)c(F)c1. The average molecular weight is 199 g/mol. The van der Waals surface area contributed by atoms with Crippen molar-refractivity contribution in [3.63, 3.8) is 0 Å². The maximum absolute atomic E-state index is 12.9. The lowest BCUT2D eigenvalue weighted by Crippen LogP contribution is -2.26. The third-order valence-electron chi connectivity index (χ3n) is 2.24. The number of hydrogen-bond donors (Lipinski definition) is 1. The molecular weight excluding hydrogens is 184 g/mol. The van der Waals surface area contributed by atoms with Crippen LogP contribution >= 0.6 is 0 Å². The maximum atomic E-state index is 12.9. The second kappa shape index (κ2) is 3.65. The molecular formula is C11H15F2N. The molecule has 0 saturated carbocycles. The summed E-state index contributed by atoms with van der Waals surface area (Å²) in [5, 5.41) is 0. The summed E-state index contributed by atoms with van der Waals surface area (Å²) < 4.78 is 25.5. The normalized spacial score (nSPS) is 14.1. The summed E-state index contributed by atoms with van der Waals surface area (Å²) in [5.41, 5.74) is 6.36. The molecule has 1 nitrogen and oxygen atoms in total. The Morgan fingerprint density at radius 3 is 2.14 bits per heavy atom. The van der Waals surface area contributed by atoms with Gasteiger partial charge in [0.2, 0.25) is 0 Å². The van der Waals surface area contributed by atoms with Crippen LogP contribution < -0.4 is 5.73 Å². The molecule has 0 saturated heterocycles. The molecule has 1 atom stereocenters. The molecule has 0 aliphatic carbocycles. The van der Waals surface area contributed by atoms with Crippen molar-refractivity contribution >= 4 is 0 Å². The monoisotopic (exact) mass is 199 g/mol. The Kier molecular flexibility index (Phi) is 2.90. The standard InChI is InChI=1S/C11H15F2N/c1-11(2,3)10(14)7-4-5-8(12)9(13)6-7/h4-6,10H,14H2,1-3H3. The van der Waals surface area contributed by atoms with Gasteiger partial charge in [-0.2, -0.15) is 0 Å². The van der Waals surface area contributed by atoms with Gasteiger partial charge in [-0.3, -0.25) is 0 Å². The molecule has 2 N–H and O–H groups in total. The van der Waals surface area contributed by atoms with Crippen LogP contribution in [-0.2, 0) is 0 Å². The Bertz CT molecular complexity index is 329. The van der Waals surface area contributed by atoms with Gasteiger partial charge < -0.3 is 5.73 Å². The first-order chi connectivity index (χ1) is 6.32. The van der Waals surface area contributed by atoms with Gasteiger partial charge in [0, 0.05) is 6.04 Å². The van der Waals surface area contributed by atoms with E-state index < -0.39 is 11.6 Å². The Balaban J connectivity index is 3.03. The van der Waals surface area contributed by atoms with Crippen LogP contribution in [0, 0.1) is 17.0 Å². The van der Waals surface area contributed by atoms with Crippen molar-refractivity contribution in [2.24, 2.45) is 11.1 Å². The Morgan fingerprint density at radius 2 is 1.71 bits per heavy atom. The number of benzene rings is 1. The molecule has 0 fully saturated rings. The molecule has 0 radical (unpaired) electrons. The van der Waals surface area contributed by atoms with E-state index in [-0.39, 0.29) is 11.5 Å². The van der Waals surface area contributed by atoms with E-state index >= 15 is 0 Å². The van der Waals surface area contributed by atoms with Crippen molar-refractivity contribution in [2.75, 3.05) is 0 Å². The minimum Gasteiger partial charge on any atom is -0.324 e. The van der Waals surface area contributed by atoms with Gasteiger partial charge >= 0.3 is 0 Å². The van der Waals surface area contributed by atoms with Gasteiger partial charge in [0.1, 0.15) is 0 Å². The molecule has 0 heterocycles. The van der Waals surface area contributed by atoms with Gasteiger partial charge in [0.15, 0.2) is 11.6 Å². The second-order valence-electron chi connectivity index (χ2n) is 4.52.